The zero-order valence-electron chi connectivity index (χ0n) is 10.7. The van der Waals surface area contributed by atoms with E-state index in [1.54, 1.807) is 30.7 Å². The summed E-state index contributed by atoms with van der Waals surface area (Å²) >= 11 is 0. The summed E-state index contributed by atoms with van der Waals surface area (Å²) in [6.07, 6.45) is 9.91. The molecule has 2 aromatic heterocycles. The van der Waals surface area contributed by atoms with Gasteiger partial charge in [0.25, 0.3) is 5.91 Å². The molecule has 0 unspecified atom stereocenters. The van der Waals surface area contributed by atoms with Crippen molar-refractivity contribution in [2.45, 2.75) is 19.3 Å². The van der Waals surface area contributed by atoms with E-state index >= 15 is 0 Å². The van der Waals surface area contributed by atoms with E-state index in [9.17, 15) is 4.79 Å². The molecule has 2 rings (SSSR count). The summed E-state index contributed by atoms with van der Waals surface area (Å²) in [7, 11) is 0. The fourth-order valence-corrected chi connectivity index (χ4v) is 1.81. The molecule has 0 saturated carbocycles. The van der Waals surface area contributed by atoms with E-state index in [1.807, 2.05) is 12.3 Å². The normalized spacial score (nSPS) is 10.1. The first-order valence-electron chi connectivity index (χ1n) is 6.43. The van der Waals surface area contributed by atoms with Crippen molar-refractivity contribution in [2.75, 3.05) is 6.54 Å². The average Bonchev–Trinajstić information content (AvgIpc) is 2.49. The fourth-order valence-electron chi connectivity index (χ4n) is 1.81. The Labute approximate surface area is 112 Å². The van der Waals surface area contributed by atoms with Crippen LogP contribution in [0.1, 0.15) is 28.8 Å². The Bertz CT molecular complexity index is 499. The van der Waals surface area contributed by atoms with Gasteiger partial charge in [0.05, 0.1) is 0 Å². The molecule has 2 aromatic rings. The smallest absolute Gasteiger partial charge is 0.251 e. The molecule has 2 heterocycles. The van der Waals surface area contributed by atoms with Gasteiger partial charge in [0.15, 0.2) is 0 Å². The van der Waals surface area contributed by atoms with Crippen molar-refractivity contribution < 1.29 is 4.79 Å². The predicted molar refractivity (Wildman–Crippen MR) is 73.7 cm³/mol. The largest absolute Gasteiger partial charge is 0.352 e. The highest BCUT2D eigenvalue weighted by Crippen LogP contribution is 2.02. The minimum atomic E-state index is -0.0382. The summed E-state index contributed by atoms with van der Waals surface area (Å²) in [5.41, 5.74) is 1.89. The van der Waals surface area contributed by atoms with Crippen LogP contribution < -0.4 is 5.32 Å². The molecule has 4 nitrogen and oxygen atoms in total. The molecule has 0 radical (unpaired) electrons. The number of aryl methyl sites for hydroxylation is 1. The number of carbonyl (C=O) groups excluding carboxylic acids is 1. The van der Waals surface area contributed by atoms with E-state index in [0.717, 1.165) is 19.3 Å². The minimum absolute atomic E-state index is 0.0382. The Morgan fingerprint density at radius 1 is 1.05 bits per heavy atom. The summed E-state index contributed by atoms with van der Waals surface area (Å²) in [5, 5.41) is 2.90. The first kappa shape index (κ1) is 13.2. The maximum absolute atomic E-state index is 11.7. The van der Waals surface area contributed by atoms with E-state index in [-0.39, 0.29) is 5.91 Å². The zero-order valence-corrected chi connectivity index (χ0v) is 10.7. The number of amides is 1. The Morgan fingerprint density at radius 3 is 2.63 bits per heavy atom. The second-order valence-corrected chi connectivity index (χ2v) is 4.31. The third-order valence-corrected chi connectivity index (χ3v) is 2.84. The molecule has 1 N–H and O–H groups in total. The standard InChI is InChI=1S/C15H17N3O/c19-15(14-6-10-16-11-7-14)18-9-2-1-4-13-5-3-8-17-12-13/h3,5-8,10-12H,1-2,4,9H2,(H,18,19). The van der Waals surface area contributed by atoms with Crippen LogP contribution in [-0.4, -0.2) is 22.4 Å². The van der Waals surface area contributed by atoms with Gasteiger partial charge in [-0.15, -0.1) is 0 Å². The van der Waals surface area contributed by atoms with Gasteiger partial charge >= 0.3 is 0 Å². The first-order valence-corrected chi connectivity index (χ1v) is 6.43. The summed E-state index contributed by atoms with van der Waals surface area (Å²) in [6.45, 7) is 0.696. The lowest BCUT2D eigenvalue weighted by Gasteiger charge is -2.05. The highest BCUT2D eigenvalue weighted by Gasteiger charge is 2.02. The second-order valence-electron chi connectivity index (χ2n) is 4.31. The molecule has 0 spiro atoms. The average molecular weight is 255 g/mol. The fraction of sp³-hybridized carbons (Fsp3) is 0.267. The van der Waals surface area contributed by atoms with Gasteiger partial charge in [0.1, 0.15) is 0 Å². The monoisotopic (exact) mass is 255 g/mol. The lowest BCUT2D eigenvalue weighted by Crippen LogP contribution is -2.24. The number of carbonyl (C=O) groups is 1. The quantitative estimate of drug-likeness (QED) is 0.805. The van der Waals surface area contributed by atoms with E-state index in [4.69, 9.17) is 0 Å². The van der Waals surface area contributed by atoms with Crippen LogP contribution in [0.4, 0.5) is 0 Å². The third-order valence-electron chi connectivity index (χ3n) is 2.84. The third kappa shape index (κ3) is 4.50. The molecule has 4 heteroatoms. The van der Waals surface area contributed by atoms with Crippen LogP contribution in [0.3, 0.4) is 0 Å². The second kappa shape index (κ2) is 7.26. The topological polar surface area (TPSA) is 54.9 Å². The Balaban J connectivity index is 1.63. The van der Waals surface area contributed by atoms with Crippen molar-refractivity contribution in [1.29, 1.82) is 0 Å². The summed E-state index contributed by atoms with van der Waals surface area (Å²) in [5.74, 6) is -0.0382. The van der Waals surface area contributed by atoms with E-state index in [1.165, 1.54) is 5.56 Å². The Hall–Kier alpha value is -2.23. The van der Waals surface area contributed by atoms with Crippen molar-refractivity contribution in [1.82, 2.24) is 15.3 Å². The molecule has 0 bridgehead atoms. The first-order chi connectivity index (χ1) is 9.36. The predicted octanol–water partition coefficient (Wildman–Crippen LogP) is 2.23. The van der Waals surface area contributed by atoms with Crippen molar-refractivity contribution >= 4 is 5.91 Å². The molecular formula is C15H17N3O. The van der Waals surface area contributed by atoms with Crippen LogP contribution >= 0.6 is 0 Å². The summed E-state index contributed by atoms with van der Waals surface area (Å²) in [6, 6.07) is 7.44. The number of nitrogens with zero attached hydrogens (tertiary/aromatic N) is 2. The van der Waals surface area contributed by atoms with Gasteiger partial charge in [0, 0.05) is 36.9 Å². The summed E-state index contributed by atoms with van der Waals surface area (Å²) < 4.78 is 0. The molecule has 19 heavy (non-hydrogen) atoms. The van der Waals surface area contributed by atoms with Crippen LogP contribution in [0.2, 0.25) is 0 Å². The molecule has 0 aromatic carbocycles. The number of aromatic nitrogens is 2. The maximum atomic E-state index is 11.7. The number of hydrogen-bond acceptors (Lipinski definition) is 3. The number of pyridine rings is 2. The molecular weight excluding hydrogens is 238 g/mol. The van der Waals surface area contributed by atoms with Gasteiger partial charge in [-0.2, -0.15) is 0 Å². The van der Waals surface area contributed by atoms with Crippen LogP contribution in [0.5, 0.6) is 0 Å². The van der Waals surface area contributed by atoms with E-state index < -0.39 is 0 Å². The highest BCUT2D eigenvalue weighted by molar-refractivity contribution is 5.93. The SMILES string of the molecule is O=C(NCCCCc1cccnc1)c1ccncc1. The zero-order chi connectivity index (χ0) is 13.3. The van der Waals surface area contributed by atoms with Crippen molar-refractivity contribution in [2.24, 2.45) is 0 Å². The van der Waals surface area contributed by atoms with E-state index in [2.05, 4.69) is 21.4 Å². The minimum Gasteiger partial charge on any atom is -0.352 e. The van der Waals surface area contributed by atoms with Crippen molar-refractivity contribution in [3.8, 4) is 0 Å². The van der Waals surface area contributed by atoms with Crippen LogP contribution in [0, 0.1) is 0 Å². The van der Waals surface area contributed by atoms with Crippen molar-refractivity contribution in [3.05, 3.63) is 60.2 Å². The molecule has 1 amide bonds. The molecule has 0 saturated heterocycles. The molecule has 98 valence electrons. The number of rotatable bonds is 6. The summed E-state index contributed by atoms with van der Waals surface area (Å²) in [4.78, 5) is 19.7. The number of nitrogens with one attached hydrogen (secondary N) is 1. The van der Waals surface area contributed by atoms with Gasteiger partial charge in [0.2, 0.25) is 0 Å². The number of hydrogen-bond donors (Lipinski definition) is 1. The van der Waals surface area contributed by atoms with Gasteiger partial charge in [-0.1, -0.05) is 6.07 Å². The van der Waals surface area contributed by atoms with Gasteiger partial charge in [-0.25, -0.2) is 0 Å². The molecule has 0 aliphatic heterocycles. The number of unbranched alkanes of at least 4 members (excludes halogenated alkanes) is 1. The Kier molecular flexibility index (Phi) is 5.05. The van der Waals surface area contributed by atoms with Gasteiger partial charge in [-0.05, 0) is 43.0 Å². The Morgan fingerprint density at radius 2 is 1.89 bits per heavy atom. The highest BCUT2D eigenvalue weighted by atomic mass is 16.1. The van der Waals surface area contributed by atoms with Gasteiger partial charge in [-0.3, -0.25) is 14.8 Å². The van der Waals surface area contributed by atoms with Crippen molar-refractivity contribution in [3.63, 3.8) is 0 Å². The maximum Gasteiger partial charge on any atom is 0.251 e. The molecule has 0 aliphatic carbocycles. The molecule has 0 aliphatic rings. The molecule has 0 fully saturated rings. The van der Waals surface area contributed by atoms with E-state index in [0.29, 0.717) is 12.1 Å². The lowest BCUT2D eigenvalue weighted by molar-refractivity contribution is 0.0953. The van der Waals surface area contributed by atoms with Crippen LogP contribution in [0.15, 0.2) is 49.1 Å². The van der Waals surface area contributed by atoms with Crippen LogP contribution in [-0.2, 0) is 6.42 Å². The molecule has 0 atom stereocenters. The lowest BCUT2D eigenvalue weighted by atomic mass is 10.1. The van der Waals surface area contributed by atoms with Crippen LogP contribution in [0.25, 0.3) is 0 Å². The van der Waals surface area contributed by atoms with Gasteiger partial charge < -0.3 is 5.32 Å².